The standard InChI is InChI=1S/C17H25N5O2/c1-11(2)7-10-22-13-15(20(3)17(24)21(4)16(13)23)19-14(22)12-5-8-18-9-6-12/h7,12,18H,5-6,8-10H2,1-4H3. The van der Waals surface area contributed by atoms with Gasteiger partial charge in [0.2, 0.25) is 0 Å². The van der Waals surface area contributed by atoms with E-state index in [0.29, 0.717) is 23.6 Å². The lowest BCUT2D eigenvalue weighted by Gasteiger charge is -2.22. The molecule has 2 aromatic rings. The molecule has 0 aliphatic carbocycles. The van der Waals surface area contributed by atoms with Crippen molar-refractivity contribution >= 4 is 11.2 Å². The summed E-state index contributed by atoms with van der Waals surface area (Å²) >= 11 is 0. The predicted octanol–water partition coefficient (Wildman–Crippen LogP) is 0.867. The van der Waals surface area contributed by atoms with Crippen LogP contribution in [-0.4, -0.2) is 31.8 Å². The smallest absolute Gasteiger partial charge is 0.318 e. The summed E-state index contributed by atoms with van der Waals surface area (Å²) in [4.78, 5) is 29.7. The molecule has 0 spiro atoms. The Kier molecular flexibility index (Phi) is 4.45. The van der Waals surface area contributed by atoms with Gasteiger partial charge in [-0.2, -0.15) is 0 Å². The number of imidazole rings is 1. The molecule has 0 atom stereocenters. The summed E-state index contributed by atoms with van der Waals surface area (Å²) < 4.78 is 4.63. The van der Waals surface area contributed by atoms with Gasteiger partial charge < -0.3 is 9.88 Å². The number of nitrogens with zero attached hydrogens (tertiary/aromatic N) is 4. The highest BCUT2D eigenvalue weighted by Gasteiger charge is 2.25. The summed E-state index contributed by atoms with van der Waals surface area (Å²) in [6.07, 6.45) is 4.08. The fraction of sp³-hybridized carbons (Fsp3) is 0.588. The highest BCUT2D eigenvalue weighted by Crippen LogP contribution is 2.26. The van der Waals surface area contributed by atoms with E-state index in [9.17, 15) is 9.59 Å². The molecule has 0 amide bonds. The topological polar surface area (TPSA) is 73.8 Å². The normalized spacial score (nSPS) is 15.8. The number of allylic oxidation sites excluding steroid dienone is 2. The molecule has 2 aromatic heterocycles. The van der Waals surface area contributed by atoms with Crippen LogP contribution in [0.4, 0.5) is 0 Å². The van der Waals surface area contributed by atoms with Crippen LogP contribution in [0.2, 0.25) is 0 Å². The maximum Gasteiger partial charge on any atom is 0.332 e. The lowest BCUT2D eigenvalue weighted by molar-refractivity contribution is 0.436. The van der Waals surface area contributed by atoms with Crippen LogP contribution < -0.4 is 16.6 Å². The molecule has 1 aliphatic rings. The van der Waals surface area contributed by atoms with Gasteiger partial charge in [-0.3, -0.25) is 13.9 Å². The van der Waals surface area contributed by atoms with E-state index in [0.717, 1.165) is 36.3 Å². The fourth-order valence-electron chi connectivity index (χ4n) is 3.31. The molecule has 7 nitrogen and oxygen atoms in total. The first-order valence-electron chi connectivity index (χ1n) is 8.42. The molecule has 1 fully saturated rings. The van der Waals surface area contributed by atoms with Crippen molar-refractivity contribution in [3.63, 3.8) is 0 Å². The first-order chi connectivity index (χ1) is 11.4. The van der Waals surface area contributed by atoms with Gasteiger partial charge in [0, 0.05) is 26.6 Å². The number of rotatable bonds is 3. The first-order valence-corrected chi connectivity index (χ1v) is 8.42. The SMILES string of the molecule is CC(C)=CCn1c(C2CCNCC2)nc2c1c(=O)n(C)c(=O)n2C. The molecule has 0 unspecified atom stereocenters. The van der Waals surface area contributed by atoms with Gasteiger partial charge in [0.15, 0.2) is 11.2 Å². The van der Waals surface area contributed by atoms with Crippen LogP contribution in [0.15, 0.2) is 21.2 Å². The number of hydrogen-bond acceptors (Lipinski definition) is 4. The summed E-state index contributed by atoms with van der Waals surface area (Å²) in [6, 6.07) is 0. The van der Waals surface area contributed by atoms with Gasteiger partial charge in [0.05, 0.1) is 0 Å². The van der Waals surface area contributed by atoms with Gasteiger partial charge >= 0.3 is 5.69 Å². The third-order valence-corrected chi connectivity index (χ3v) is 4.76. The quantitative estimate of drug-likeness (QED) is 0.847. The predicted molar refractivity (Wildman–Crippen MR) is 94.5 cm³/mol. The minimum atomic E-state index is -0.337. The molecule has 7 heteroatoms. The zero-order valence-corrected chi connectivity index (χ0v) is 14.8. The Labute approximate surface area is 140 Å². The van der Waals surface area contributed by atoms with Crippen LogP contribution in [0.1, 0.15) is 38.4 Å². The minimum Gasteiger partial charge on any atom is -0.318 e. The Balaban J connectivity index is 2.30. The van der Waals surface area contributed by atoms with Crippen molar-refractivity contribution in [1.82, 2.24) is 24.0 Å². The fourth-order valence-corrected chi connectivity index (χ4v) is 3.31. The van der Waals surface area contributed by atoms with Gasteiger partial charge in [-0.05, 0) is 39.8 Å². The second kappa shape index (κ2) is 6.39. The van der Waals surface area contributed by atoms with Gasteiger partial charge in [0.1, 0.15) is 5.82 Å². The van der Waals surface area contributed by atoms with E-state index in [1.165, 1.54) is 17.2 Å². The Hall–Kier alpha value is -2.15. The average molecular weight is 331 g/mol. The number of hydrogen-bond donors (Lipinski definition) is 1. The maximum atomic E-state index is 12.7. The molecule has 24 heavy (non-hydrogen) atoms. The van der Waals surface area contributed by atoms with Gasteiger partial charge in [-0.1, -0.05) is 11.6 Å². The Morgan fingerprint density at radius 3 is 2.50 bits per heavy atom. The highest BCUT2D eigenvalue weighted by molar-refractivity contribution is 5.71. The van der Waals surface area contributed by atoms with Crippen molar-refractivity contribution in [2.45, 2.75) is 39.2 Å². The number of piperidine rings is 1. The number of aryl methyl sites for hydroxylation is 1. The van der Waals surface area contributed by atoms with Crippen molar-refractivity contribution in [3.05, 3.63) is 38.3 Å². The second-order valence-electron chi connectivity index (χ2n) is 6.76. The Morgan fingerprint density at radius 2 is 1.88 bits per heavy atom. The molecular formula is C17H25N5O2. The highest BCUT2D eigenvalue weighted by atomic mass is 16.2. The summed E-state index contributed by atoms with van der Waals surface area (Å²) in [5.41, 5.74) is 1.58. The zero-order valence-electron chi connectivity index (χ0n) is 14.8. The van der Waals surface area contributed by atoms with E-state index < -0.39 is 0 Å². The van der Waals surface area contributed by atoms with Crippen LogP contribution in [0, 0.1) is 0 Å². The molecule has 1 aliphatic heterocycles. The van der Waals surface area contributed by atoms with Gasteiger partial charge in [-0.25, -0.2) is 9.78 Å². The molecule has 0 aromatic carbocycles. The van der Waals surface area contributed by atoms with Crippen molar-refractivity contribution in [2.24, 2.45) is 14.1 Å². The summed E-state index contributed by atoms with van der Waals surface area (Å²) in [7, 11) is 3.20. The monoisotopic (exact) mass is 331 g/mol. The van der Waals surface area contributed by atoms with E-state index in [2.05, 4.69) is 11.4 Å². The lowest BCUT2D eigenvalue weighted by Crippen LogP contribution is -2.37. The molecule has 3 heterocycles. The van der Waals surface area contributed by atoms with Crippen molar-refractivity contribution in [3.8, 4) is 0 Å². The molecule has 1 N–H and O–H groups in total. The lowest BCUT2D eigenvalue weighted by atomic mass is 9.97. The Morgan fingerprint density at radius 1 is 1.21 bits per heavy atom. The largest absolute Gasteiger partial charge is 0.332 e. The molecule has 3 rings (SSSR count). The number of aromatic nitrogens is 4. The van der Waals surface area contributed by atoms with Crippen LogP contribution in [-0.2, 0) is 20.6 Å². The molecule has 0 radical (unpaired) electrons. The summed E-state index contributed by atoms with van der Waals surface area (Å²) in [5.74, 6) is 1.23. The molecule has 0 saturated carbocycles. The Bertz CT molecular complexity index is 906. The molecular weight excluding hydrogens is 306 g/mol. The van der Waals surface area contributed by atoms with Gasteiger partial charge in [-0.15, -0.1) is 0 Å². The number of nitrogens with one attached hydrogen (secondary N) is 1. The molecule has 0 bridgehead atoms. The van der Waals surface area contributed by atoms with Crippen molar-refractivity contribution in [2.75, 3.05) is 13.1 Å². The first kappa shape index (κ1) is 16.7. The third-order valence-electron chi connectivity index (χ3n) is 4.76. The third kappa shape index (κ3) is 2.73. The van der Waals surface area contributed by atoms with Crippen LogP contribution in [0.3, 0.4) is 0 Å². The van der Waals surface area contributed by atoms with Crippen molar-refractivity contribution < 1.29 is 0 Å². The summed E-state index contributed by atoms with van der Waals surface area (Å²) in [5, 5.41) is 3.36. The second-order valence-corrected chi connectivity index (χ2v) is 6.76. The summed E-state index contributed by atoms with van der Waals surface area (Å²) in [6.45, 7) is 6.58. The van der Waals surface area contributed by atoms with E-state index in [-0.39, 0.29) is 11.2 Å². The van der Waals surface area contributed by atoms with E-state index in [1.807, 2.05) is 18.4 Å². The van der Waals surface area contributed by atoms with Crippen LogP contribution in [0.5, 0.6) is 0 Å². The molecule has 1 saturated heterocycles. The van der Waals surface area contributed by atoms with E-state index >= 15 is 0 Å². The minimum absolute atomic E-state index is 0.275. The van der Waals surface area contributed by atoms with E-state index in [4.69, 9.17) is 4.98 Å². The molecule has 130 valence electrons. The maximum absolute atomic E-state index is 12.7. The van der Waals surface area contributed by atoms with Crippen molar-refractivity contribution in [1.29, 1.82) is 0 Å². The van der Waals surface area contributed by atoms with Gasteiger partial charge in [0.25, 0.3) is 5.56 Å². The van der Waals surface area contributed by atoms with Crippen LogP contribution >= 0.6 is 0 Å². The average Bonchev–Trinajstić information content (AvgIpc) is 2.96. The van der Waals surface area contributed by atoms with Crippen LogP contribution in [0.25, 0.3) is 11.2 Å². The van der Waals surface area contributed by atoms with E-state index in [1.54, 1.807) is 7.05 Å². The zero-order chi connectivity index (χ0) is 17.4. The number of fused-ring (bicyclic) bond motifs is 1.